The first kappa shape index (κ1) is 15.0. The van der Waals surface area contributed by atoms with Gasteiger partial charge in [0.2, 0.25) is 0 Å². The molecule has 1 aromatic carbocycles. The van der Waals surface area contributed by atoms with Crippen molar-refractivity contribution in [1.82, 2.24) is 10.2 Å². The molecule has 18 heavy (non-hydrogen) atoms. The van der Waals surface area contributed by atoms with Crippen LogP contribution in [0.1, 0.15) is 11.6 Å². The van der Waals surface area contributed by atoms with Crippen LogP contribution in [-0.4, -0.2) is 36.2 Å². The number of nitrogens with zero attached hydrogens (tertiary/aromatic N) is 1. The van der Waals surface area contributed by atoms with Crippen LogP contribution in [0.15, 0.2) is 30.9 Å². The summed E-state index contributed by atoms with van der Waals surface area (Å²) >= 11 is 0. The summed E-state index contributed by atoms with van der Waals surface area (Å²) in [5.74, 6) is -0.428. The zero-order valence-corrected chi connectivity index (χ0v) is 10.9. The predicted octanol–water partition coefficient (Wildman–Crippen LogP) is 2.09. The van der Waals surface area contributed by atoms with Crippen molar-refractivity contribution in [3.8, 4) is 5.75 Å². The summed E-state index contributed by atoms with van der Waals surface area (Å²) in [5.41, 5.74) is 0.569. The summed E-state index contributed by atoms with van der Waals surface area (Å²) in [5, 5.41) is 12.5. The number of piperazine rings is 1. The molecule has 0 saturated carbocycles. The fraction of sp³-hybridized carbons (Fsp3) is 0.385. The van der Waals surface area contributed by atoms with E-state index in [-0.39, 0.29) is 30.0 Å². The van der Waals surface area contributed by atoms with Crippen LogP contribution in [0.4, 0.5) is 4.39 Å². The molecule has 0 spiro atoms. The molecule has 0 aromatic heterocycles. The summed E-state index contributed by atoms with van der Waals surface area (Å²) < 4.78 is 13.8. The van der Waals surface area contributed by atoms with E-state index >= 15 is 0 Å². The van der Waals surface area contributed by atoms with Gasteiger partial charge in [-0.05, 0) is 6.07 Å². The number of hydrogen-bond donors (Lipinski definition) is 2. The third-order valence-electron chi connectivity index (χ3n) is 3.07. The maximum Gasteiger partial charge on any atom is 0.131 e. The van der Waals surface area contributed by atoms with E-state index in [4.69, 9.17) is 0 Å². The lowest BCUT2D eigenvalue weighted by atomic mass is 10.0. The molecule has 1 atom stereocenters. The Labute approximate surface area is 113 Å². The summed E-state index contributed by atoms with van der Waals surface area (Å²) in [6.07, 6.45) is 1.75. The predicted molar refractivity (Wildman–Crippen MR) is 72.7 cm³/mol. The minimum atomic E-state index is -0.381. The second-order valence-corrected chi connectivity index (χ2v) is 4.17. The van der Waals surface area contributed by atoms with Crippen molar-refractivity contribution in [2.45, 2.75) is 6.04 Å². The average molecular weight is 273 g/mol. The van der Waals surface area contributed by atoms with Crippen molar-refractivity contribution in [1.29, 1.82) is 0 Å². The van der Waals surface area contributed by atoms with Gasteiger partial charge >= 0.3 is 0 Å². The summed E-state index contributed by atoms with van der Waals surface area (Å²) in [7, 11) is 0. The molecule has 0 amide bonds. The smallest absolute Gasteiger partial charge is 0.131 e. The van der Waals surface area contributed by atoms with Gasteiger partial charge in [0.05, 0.1) is 6.04 Å². The number of halogens is 2. The Kier molecular flexibility index (Phi) is 5.59. The SMILES string of the molecule is C=C[C@H](c1ccc(O)cc1F)N1CCNCC1.Cl. The van der Waals surface area contributed by atoms with Crippen molar-refractivity contribution in [3.05, 3.63) is 42.2 Å². The lowest BCUT2D eigenvalue weighted by molar-refractivity contribution is 0.200. The van der Waals surface area contributed by atoms with E-state index in [1.807, 2.05) is 0 Å². The number of aromatic hydroxyl groups is 1. The Hall–Kier alpha value is -1.10. The van der Waals surface area contributed by atoms with E-state index in [0.717, 1.165) is 32.2 Å². The maximum atomic E-state index is 13.8. The van der Waals surface area contributed by atoms with Gasteiger partial charge < -0.3 is 10.4 Å². The van der Waals surface area contributed by atoms with Gasteiger partial charge in [0.25, 0.3) is 0 Å². The molecule has 100 valence electrons. The monoisotopic (exact) mass is 272 g/mol. The van der Waals surface area contributed by atoms with Crippen LogP contribution in [0.5, 0.6) is 5.75 Å². The Morgan fingerprint density at radius 3 is 2.61 bits per heavy atom. The normalized spacial score (nSPS) is 17.8. The third-order valence-corrected chi connectivity index (χ3v) is 3.07. The minimum absolute atomic E-state index is 0. The second kappa shape index (κ2) is 6.73. The fourth-order valence-corrected chi connectivity index (χ4v) is 2.19. The molecule has 1 aliphatic rings. The second-order valence-electron chi connectivity index (χ2n) is 4.17. The molecule has 3 nitrogen and oxygen atoms in total. The molecular weight excluding hydrogens is 255 g/mol. The molecule has 1 aliphatic heterocycles. The average Bonchev–Trinajstić information content (AvgIpc) is 2.34. The first-order chi connectivity index (χ1) is 8.22. The highest BCUT2D eigenvalue weighted by molar-refractivity contribution is 5.85. The topological polar surface area (TPSA) is 35.5 Å². The Morgan fingerprint density at radius 2 is 2.06 bits per heavy atom. The largest absolute Gasteiger partial charge is 0.508 e. The first-order valence-electron chi connectivity index (χ1n) is 5.78. The van der Waals surface area contributed by atoms with E-state index in [1.165, 1.54) is 6.07 Å². The van der Waals surface area contributed by atoms with Gasteiger partial charge in [-0.1, -0.05) is 12.1 Å². The number of phenols is 1. The van der Waals surface area contributed by atoms with Crippen LogP contribution < -0.4 is 5.32 Å². The number of nitrogens with one attached hydrogen (secondary N) is 1. The molecule has 0 bridgehead atoms. The van der Waals surface area contributed by atoms with Gasteiger partial charge in [0, 0.05) is 37.8 Å². The van der Waals surface area contributed by atoms with Gasteiger partial charge in [0.1, 0.15) is 11.6 Å². The summed E-state index contributed by atoms with van der Waals surface area (Å²) in [6, 6.07) is 4.15. The zero-order chi connectivity index (χ0) is 12.3. The fourth-order valence-electron chi connectivity index (χ4n) is 2.19. The molecule has 1 aromatic rings. The van der Waals surface area contributed by atoms with Gasteiger partial charge in [-0.2, -0.15) is 0 Å². The van der Waals surface area contributed by atoms with Crippen LogP contribution in [0.3, 0.4) is 0 Å². The Bertz CT molecular complexity index is 408. The molecule has 0 aliphatic carbocycles. The van der Waals surface area contributed by atoms with E-state index < -0.39 is 0 Å². The molecule has 2 rings (SSSR count). The van der Waals surface area contributed by atoms with Crippen molar-refractivity contribution in [3.63, 3.8) is 0 Å². The first-order valence-corrected chi connectivity index (χ1v) is 5.78. The molecule has 1 saturated heterocycles. The Morgan fingerprint density at radius 1 is 1.39 bits per heavy atom. The van der Waals surface area contributed by atoms with Crippen molar-refractivity contribution in [2.75, 3.05) is 26.2 Å². The van der Waals surface area contributed by atoms with Crippen molar-refractivity contribution in [2.24, 2.45) is 0 Å². The molecular formula is C13H18ClFN2O. The van der Waals surface area contributed by atoms with E-state index in [2.05, 4.69) is 16.8 Å². The highest BCUT2D eigenvalue weighted by Gasteiger charge is 2.21. The lowest BCUT2D eigenvalue weighted by Gasteiger charge is -2.33. The third kappa shape index (κ3) is 3.22. The minimum Gasteiger partial charge on any atom is -0.508 e. The molecule has 1 fully saturated rings. The number of rotatable bonds is 3. The van der Waals surface area contributed by atoms with Gasteiger partial charge in [-0.3, -0.25) is 4.90 Å². The molecule has 1 heterocycles. The Balaban J connectivity index is 0.00000162. The van der Waals surface area contributed by atoms with Crippen molar-refractivity contribution >= 4 is 12.4 Å². The standard InChI is InChI=1S/C13H17FN2O.ClH/c1-2-13(16-7-5-15-6-8-16)11-4-3-10(17)9-12(11)14;/h2-4,9,13,15,17H,1,5-8H2;1H/t13-;/m1./s1. The van der Waals surface area contributed by atoms with Gasteiger partial charge in [-0.25, -0.2) is 4.39 Å². The van der Waals surface area contributed by atoms with Crippen LogP contribution in [0, 0.1) is 5.82 Å². The molecule has 0 unspecified atom stereocenters. The van der Waals surface area contributed by atoms with Crippen LogP contribution >= 0.6 is 12.4 Å². The molecule has 2 N–H and O–H groups in total. The number of benzene rings is 1. The zero-order valence-electron chi connectivity index (χ0n) is 10.1. The van der Waals surface area contributed by atoms with Gasteiger partial charge in [0.15, 0.2) is 0 Å². The quantitative estimate of drug-likeness (QED) is 0.827. The van der Waals surface area contributed by atoms with Crippen LogP contribution in [0.2, 0.25) is 0 Å². The van der Waals surface area contributed by atoms with Crippen molar-refractivity contribution < 1.29 is 9.50 Å². The summed E-state index contributed by atoms with van der Waals surface area (Å²) in [6.45, 7) is 7.34. The van der Waals surface area contributed by atoms with E-state index in [1.54, 1.807) is 12.1 Å². The summed E-state index contributed by atoms with van der Waals surface area (Å²) in [4.78, 5) is 2.18. The number of hydrogen-bond acceptors (Lipinski definition) is 3. The number of phenolic OH excluding ortho intramolecular Hbond substituents is 1. The maximum absolute atomic E-state index is 13.8. The highest BCUT2D eigenvalue weighted by atomic mass is 35.5. The van der Waals surface area contributed by atoms with E-state index in [9.17, 15) is 9.50 Å². The van der Waals surface area contributed by atoms with E-state index in [0.29, 0.717) is 5.56 Å². The van der Waals surface area contributed by atoms with Gasteiger partial charge in [-0.15, -0.1) is 19.0 Å². The molecule has 5 heteroatoms. The highest BCUT2D eigenvalue weighted by Crippen LogP contribution is 2.26. The van der Waals surface area contributed by atoms with Crippen LogP contribution in [0.25, 0.3) is 0 Å². The van der Waals surface area contributed by atoms with Crippen LogP contribution in [-0.2, 0) is 0 Å². The lowest BCUT2D eigenvalue weighted by Crippen LogP contribution is -2.44. The molecule has 0 radical (unpaired) electrons.